The van der Waals surface area contributed by atoms with Crippen LogP contribution in [-0.4, -0.2) is 31.4 Å². The molecule has 1 N–H and O–H groups in total. The topological polar surface area (TPSA) is 83.1 Å². The standard InChI is InChI=1S/C21H23NO6/c1-14-5-3-6-17(11-14)25-10-4-7-20(23)28-15(2)21(24)22-16-8-9-18-19(12-16)27-13-26-18/h3,5-6,8-9,11-12,15H,4,7,10,13H2,1-2H3,(H,22,24)/t15-/m1/s1. The Labute approximate surface area is 163 Å². The average Bonchev–Trinajstić information content (AvgIpc) is 3.13. The van der Waals surface area contributed by atoms with Gasteiger partial charge in [0.1, 0.15) is 5.75 Å². The Morgan fingerprint density at radius 3 is 2.79 bits per heavy atom. The number of carbonyl (C=O) groups is 2. The van der Waals surface area contributed by atoms with Gasteiger partial charge in [-0.2, -0.15) is 0 Å². The van der Waals surface area contributed by atoms with Crippen LogP contribution in [0.2, 0.25) is 0 Å². The molecule has 1 atom stereocenters. The number of hydrogen-bond acceptors (Lipinski definition) is 6. The van der Waals surface area contributed by atoms with Gasteiger partial charge in [0.15, 0.2) is 17.6 Å². The van der Waals surface area contributed by atoms with Gasteiger partial charge in [0, 0.05) is 18.2 Å². The molecule has 7 heteroatoms. The van der Waals surface area contributed by atoms with Crippen molar-refractivity contribution in [2.75, 3.05) is 18.7 Å². The molecule has 0 bridgehead atoms. The fraction of sp³-hybridized carbons (Fsp3) is 0.333. The summed E-state index contributed by atoms with van der Waals surface area (Å²) >= 11 is 0. The van der Waals surface area contributed by atoms with E-state index in [9.17, 15) is 9.59 Å². The molecule has 1 aliphatic heterocycles. The largest absolute Gasteiger partial charge is 0.494 e. The van der Waals surface area contributed by atoms with Crippen LogP contribution in [-0.2, 0) is 14.3 Å². The lowest BCUT2D eigenvalue weighted by Crippen LogP contribution is -2.30. The molecule has 2 aromatic carbocycles. The van der Waals surface area contributed by atoms with Gasteiger partial charge in [-0.15, -0.1) is 0 Å². The molecule has 1 aliphatic rings. The predicted octanol–water partition coefficient (Wildman–Crippen LogP) is 3.45. The quantitative estimate of drug-likeness (QED) is 0.554. The number of hydrogen-bond donors (Lipinski definition) is 1. The van der Waals surface area contributed by atoms with E-state index in [-0.39, 0.29) is 13.2 Å². The molecule has 2 aromatic rings. The Morgan fingerprint density at radius 1 is 1.14 bits per heavy atom. The Kier molecular flexibility index (Phi) is 6.37. The highest BCUT2D eigenvalue weighted by Crippen LogP contribution is 2.34. The third-order valence-corrected chi connectivity index (χ3v) is 4.10. The van der Waals surface area contributed by atoms with Crippen molar-refractivity contribution >= 4 is 17.6 Å². The molecule has 3 rings (SSSR count). The highest BCUT2D eigenvalue weighted by Gasteiger charge is 2.19. The lowest BCUT2D eigenvalue weighted by Gasteiger charge is -2.14. The van der Waals surface area contributed by atoms with Crippen LogP contribution in [0.3, 0.4) is 0 Å². The van der Waals surface area contributed by atoms with Crippen molar-refractivity contribution in [3.05, 3.63) is 48.0 Å². The van der Waals surface area contributed by atoms with E-state index in [1.165, 1.54) is 6.92 Å². The Bertz CT molecular complexity index is 851. The van der Waals surface area contributed by atoms with Crippen molar-refractivity contribution < 1.29 is 28.5 Å². The van der Waals surface area contributed by atoms with Crippen LogP contribution in [0.25, 0.3) is 0 Å². The summed E-state index contributed by atoms with van der Waals surface area (Å²) in [6, 6.07) is 12.8. The number of rotatable bonds is 8. The van der Waals surface area contributed by atoms with Gasteiger partial charge in [0.25, 0.3) is 5.91 Å². The normalized spacial score (nSPS) is 12.9. The van der Waals surface area contributed by atoms with E-state index in [1.807, 2.05) is 31.2 Å². The molecule has 0 fully saturated rings. The van der Waals surface area contributed by atoms with Crippen molar-refractivity contribution in [3.8, 4) is 17.2 Å². The molecule has 0 radical (unpaired) electrons. The number of carbonyl (C=O) groups excluding carboxylic acids is 2. The second kappa shape index (κ2) is 9.12. The molecule has 0 saturated heterocycles. The maximum absolute atomic E-state index is 12.2. The molecule has 0 unspecified atom stereocenters. The van der Waals surface area contributed by atoms with Crippen LogP contribution < -0.4 is 19.5 Å². The summed E-state index contributed by atoms with van der Waals surface area (Å²) in [6.45, 7) is 4.08. The van der Waals surface area contributed by atoms with Gasteiger partial charge < -0.3 is 24.3 Å². The number of benzene rings is 2. The summed E-state index contributed by atoms with van der Waals surface area (Å²) in [5, 5.41) is 2.69. The van der Waals surface area contributed by atoms with Crippen LogP contribution in [0.1, 0.15) is 25.3 Å². The Hall–Kier alpha value is -3.22. The number of aryl methyl sites for hydroxylation is 1. The van der Waals surface area contributed by atoms with Crippen molar-refractivity contribution in [2.24, 2.45) is 0 Å². The van der Waals surface area contributed by atoms with Crippen molar-refractivity contribution in [3.63, 3.8) is 0 Å². The number of anilines is 1. The summed E-state index contributed by atoms with van der Waals surface area (Å²) in [5.74, 6) is 1.11. The second-order valence-corrected chi connectivity index (χ2v) is 6.46. The minimum Gasteiger partial charge on any atom is -0.494 e. The van der Waals surface area contributed by atoms with Gasteiger partial charge in [0.2, 0.25) is 6.79 Å². The Balaban J connectivity index is 1.38. The number of nitrogens with one attached hydrogen (secondary N) is 1. The van der Waals surface area contributed by atoms with Crippen LogP contribution in [0.4, 0.5) is 5.69 Å². The highest BCUT2D eigenvalue weighted by atomic mass is 16.7. The SMILES string of the molecule is Cc1cccc(OCCCC(=O)O[C@H](C)C(=O)Nc2ccc3c(c2)OCO3)c1. The first-order chi connectivity index (χ1) is 13.5. The molecule has 1 amide bonds. The molecular formula is C21H23NO6. The van der Waals surface area contributed by atoms with Crippen LogP contribution in [0.15, 0.2) is 42.5 Å². The van der Waals surface area contributed by atoms with Gasteiger partial charge in [0.05, 0.1) is 6.61 Å². The fourth-order valence-corrected chi connectivity index (χ4v) is 2.64. The lowest BCUT2D eigenvalue weighted by atomic mass is 10.2. The van der Waals surface area contributed by atoms with Gasteiger partial charge >= 0.3 is 5.97 Å². The van der Waals surface area contributed by atoms with Crippen LogP contribution in [0.5, 0.6) is 17.2 Å². The van der Waals surface area contributed by atoms with E-state index in [0.717, 1.165) is 11.3 Å². The number of esters is 1. The van der Waals surface area contributed by atoms with Crippen LogP contribution >= 0.6 is 0 Å². The van der Waals surface area contributed by atoms with Crippen molar-refractivity contribution in [2.45, 2.75) is 32.8 Å². The maximum atomic E-state index is 12.2. The molecule has 1 heterocycles. The molecule has 0 aliphatic carbocycles. The third kappa shape index (κ3) is 5.39. The zero-order chi connectivity index (χ0) is 19.9. The maximum Gasteiger partial charge on any atom is 0.306 e. The lowest BCUT2D eigenvalue weighted by molar-refractivity contribution is -0.153. The monoisotopic (exact) mass is 385 g/mol. The van der Waals surface area contributed by atoms with E-state index in [2.05, 4.69) is 5.32 Å². The van der Waals surface area contributed by atoms with E-state index in [0.29, 0.717) is 30.2 Å². The first kappa shape index (κ1) is 19.5. The van der Waals surface area contributed by atoms with Gasteiger partial charge in [-0.3, -0.25) is 9.59 Å². The summed E-state index contributed by atoms with van der Waals surface area (Å²) in [4.78, 5) is 24.1. The van der Waals surface area contributed by atoms with E-state index < -0.39 is 18.0 Å². The molecule has 0 saturated carbocycles. The molecule has 0 spiro atoms. The minimum absolute atomic E-state index is 0.161. The number of fused-ring (bicyclic) bond motifs is 1. The van der Waals surface area contributed by atoms with E-state index in [1.54, 1.807) is 18.2 Å². The first-order valence-corrected chi connectivity index (χ1v) is 9.11. The van der Waals surface area contributed by atoms with E-state index in [4.69, 9.17) is 18.9 Å². The zero-order valence-corrected chi connectivity index (χ0v) is 15.9. The van der Waals surface area contributed by atoms with Gasteiger partial charge in [-0.25, -0.2) is 0 Å². The van der Waals surface area contributed by atoms with Gasteiger partial charge in [-0.05, 0) is 50.1 Å². The van der Waals surface area contributed by atoms with Gasteiger partial charge in [-0.1, -0.05) is 12.1 Å². The third-order valence-electron chi connectivity index (χ3n) is 4.10. The summed E-state index contributed by atoms with van der Waals surface area (Å²) < 4.78 is 21.3. The van der Waals surface area contributed by atoms with Crippen molar-refractivity contribution in [1.82, 2.24) is 0 Å². The summed E-state index contributed by atoms with van der Waals surface area (Å²) in [6.07, 6.45) is -0.230. The summed E-state index contributed by atoms with van der Waals surface area (Å²) in [7, 11) is 0. The highest BCUT2D eigenvalue weighted by molar-refractivity contribution is 5.95. The summed E-state index contributed by atoms with van der Waals surface area (Å²) in [5.41, 5.74) is 1.66. The minimum atomic E-state index is -0.907. The fourth-order valence-electron chi connectivity index (χ4n) is 2.64. The van der Waals surface area contributed by atoms with Crippen LogP contribution in [0, 0.1) is 6.92 Å². The van der Waals surface area contributed by atoms with Crippen molar-refractivity contribution in [1.29, 1.82) is 0 Å². The smallest absolute Gasteiger partial charge is 0.306 e. The number of amides is 1. The Morgan fingerprint density at radius 2 is 1.96 bits per heavy atom. The first-order valence-electron chi connectivity index (χ1n) is 9.11. The molecule has 7 nitrogen and oxygen atoms in total. The molecular weight excluding hydrogens is 362 g/mol. The predicted molar refractivity (Wildman–Crippen MR) is 103 cm³/mol. The molecule has 0 aromatic heterocycles. The molecule has 28 heavy (non-hydrogen) atoms. The zero-order valence-electron chi connectivity index (χ0n) is 15.9. The second-order valence-electron chi connectivity index (χ2n) is 6.46. The average molecular weight is 385 g/mol. The van der Waals surface area contributed by atoms with E-state index >= 15 is 0 Å². The molecule has 148 valence electrons. The number of ether oxygens (including phenoxy) is 4.